The Bertz CT molecular complexity index is 462. The SMILES string of the molecule is CCOc1ccc(C)cc1C(=O)CCN1CCCCCC1. The third-order valence-electron chi connectivity index (χ3n) is 4.09. The van der Waals surface area contributed by atoms with E-state index in [-0.39, 0.29) is 5.78 Å². The van der Waals surface area contributed by atoms with E-state index in [9.17, 15) is 4.79 Å². The standard InChI is InChI=1S/C18H27NO2/c1-3-21-18-9-8-15(2)14-16(18)17(20)10-13-19-11-6-4-5-7-12-19/h8-9,14H,3-7,10-13H2,1-2H3. The van der Waals surface area contributed by atoms with Crippen LogP contribution in [0.15, 0.2) is 18.2 Å². The largest absolute Gasteiger partial charge is 0.493 e. The number of benzene rings is 1. The number of ketones is 1. The quantitative estimate of drug-likeness (QED) is 0.745. The van der Waals surface area contributed by atoms with Crippen LogP contribution in [0.3, 0.4) is 0 Å². The third-order valence-corrected chi connectivity index (χ3v) is 4.09. The maximum absolute atomic E-state index is 12.5. The molecule has 0 atom stereocenters. The van der Waals surface area contributed by atoms with Gasteiger partial charge in [-0.2, -0.15) is 0 Å². The number of carbonyl (C=O) groups excluding carboxylic acids is 1. The Morgan fingerprint density at radius 1 is 1.19 bits per heavy atom. The molecule has 0 aliphatic carbocycles. The molecule has 1 aliphatic heterocycles. The van der Waals surface area contributed by atoms with Gasteiger partial charge in [-0.05, 0) is 51.9 Å². The van der Waals surface area contributed by atoms with Crippen molar-refractivity contribution in [2.45, 2.75) is 46.0 Å². The van der Waals surface area contributed by atoms with Crippen LogP contribution < -0.4 is 4.74 Å². The normalized spacial score (nSPS) is 16.5. The molecule has 1 saturated heterocycles. The van der Waals surface area contributed by atoms with E-state index in [0.29, 0.717) is 13.0 Å². The number of nitrogens with zero attached hydrogens (tertiary/aromatic N) is 1. The van der Waals surface area contributed by atoms with Crippen LogP contribution in [0.25, 0.3) is 0 Å². The van der Waals surface area contributed by atoms with E-state index in [0.717, 1.165) is 36.5 Å². The predicted molar refractivity (Wildman–Crippen MR) is 86.2 cm³/mol. The first-order valence-electron chi connectivity index (χ1n) is 8.19. The van der Waals surface area contributed by atoms with Crippen molar-refractivity contribution < 1.29 is 9.53 Å². The van der Waals surface area contributed by atoms with Crippen LogP contribution in [0.1, 0.15) is 54.9 Å². The Morgan fingerprint density at radius 3 is 2.57 bits per heavy atom. The maximum atomic E-state index is 12.5. The van der Waals surface area contributed by atoms with Gasteiger partial charge in [-0.15, -0.1) is 0 Å². The molecule has 0 radical (unpaired) electrons. The number of likely N-dealkylation sites (tertiary alicyclic amines) is 1. The minimum absolute atomic E-state index is 0.200. The fraction of sp³-hybridized carbons (Fsp3) is 0.611. The van der Waals surface area contributed by atoms with E-state index >= 15 is 0 Å². The molecule has 0 bridgehead atoms. The molecule has 116 valence electrons. The zero-order chi connectivity index (χ0) is 15.1. The number of carbonyl (C=O) groups is 1. The lowest BCUT2D eigenvalue weighted by Gasteiger charge is -2.19. The van der Waals surface area contributed by atoms with Crippen molar-refractivity contribution in [1.82, 2.24) is 4.90 Å². The molecular formula is C18H27NO2. The van der Waals surface area contributed by atoms with Gasteiger partial charge in [-0.1, -0.05) is 24.5 Å². The average Bonchev–Trinajstić information content (AvgIpc) is 2.75. The Balaban J connectivity index is 1.97. The fourth-order valence-corrected chi connectivity index (χ4v) is 2.90. The number of rotatable bonds is 6. The van der Waals surface area contributed by atoms with Crippen molar-refractivity contribution >= 4 is 5.78 Å². The highest BCUT2D eigenvalue weighted by atomic mass is 16.5. The van der Waals surface area contributed by atoms with Gasteiger partial charge >= 0.3 is 0 Å². The third kappa shape index (κ3) is 4.85. The first-order chi connectivity index (χ1) is 10.2. The molecule has 21 heavy (non-hydrogen) atoms. The molecule has 0 amide bonds. The molecule has 0 unspecified atom stereocenters. The Kier molecular flexibility index (Phi) is 6.24. The highest BCUT2D eigenvalue weighted by Crippen LogP contribution is 2.22. The highest BCUT2D eigenvalue weighted by Gasteiger charge is 2.15. The number of hydrogen-bond acceptors (Lipinski definition) is 3. The minimum atomic E-state index is 0.200. The first-order valence-corrected chi connectivity index (χ1v) is 8.19. The molecule has 3 heteroatoms. The molecule has 1 fully saturated rings. The van der Waals surface area contributed by atoms with E-state index in [4.69, 9.17) is 4.74 Å². The van der Waals surface area contributed by atoms with Crippen LogP contribution in [0.4, 0.5) is 0 Å². The van der Waals surface area contributed by atoms with Crippen molar-refractivity contribution in [1.29, 1.82) is 0 Å². The van der Waals surface area contributed by atoms with Crippen LogP contribution in [0, 0.1) is 6.92 Å². The van der Waals surface area contributed by atoms with Crippen molar-refractivity contribution in [3.8, 4) is 5.75 Å². The molecule has 1 heterocycles. The van der Waals surface area contributed by atoms with E-state index < -0.39 is 0 Å². The minimum Gasteiger partial charge on any atom is -0.493 e. The van der Waals surface area contributed by atoms with Crippen LogP contribution in [-0.2, 0) is 0 Å². The Hall–Kier alpha value is -1.35. The van der Waals surface area contributed by atoms with Gasteiger partial charge in [0.15, 0.2) is 5.78 Å². The number of hydrogen-bond donors (Lipinski definition) is 0. The molecule has 1 aliphatic rings. The summed E-state index contributed by atoms with van der Waals surface area (Å²) >= 11 is 0. The van der Waals surface area contributed by atoms with Gasteiger partial charge in [0.05, 0.1) is 12.2 Å². The summed E-state index contributed by atoms with van der Waals surface area (Å²) in [6.07, 6.45) is 5.78. The summed E-state index contributed by atoms with van der Waals surface area (Å²) in [5.41, 5.74) is 1.85. The fourth-order valence-electron chi connectivity index (χ4n) is 2.90. The zero-order valence-corrected chi connectivity index (χ0v) is 13.4. The first kappa shape index (κ1) is 16.0. The van der Waals surface area contributed by atoms with Gasteiger partial charge in [0.25, 0.3) is 0 Å². The van der Waals surface area contributed by atoms with Gasteiger partial charge < -0.3 is 9.64 Å². The van der Waals surface area contributed by atoms with Crippen molar-refractivity contribution in [3.05, 3.63) is 29.3 Å². The summed E-state index contributed by atoms with van der Waals surface area (Å²) in [5.74, 6) is 0.926. The molecule has 0 N–H and O–H groups in total. The molecule has 2 rings (SSSR count). The summed E-state index contributed by atoms with van der Waals surface area (Å²) in [7, 11) is 0. The number of Topliss-reactive ketones (excluding diaryl/α,β-unsaturated/α-hetero) is 1. The smallest absolute Gasteiger partial charge is 0.167 e. The topological polar surface area (TPSA) is 29.5 Å². The van der Waals surface area contributed by atoms with Crippen molar-refractivity contribution in [3.63, 3.8) is 0 Å². The lowest BCUT2D eigenvalue weighted by molar-refractivity contribution is 0.0961. The van der Waals surface area contributed by atoms with E-state index in [1.165, 1.54) is 25.7 Å². The zero-order valence-electron chi connectivity index (χ0n) is 13.4. The van der Waals surface area contributed by atoms with Gasteiger partial charge in [-0.3, -0.25) is 4.79 Å². The summed E-state index contributed by atoms with van der Waals surface area (Å²) in [4.78, 5) is 14.9. The maximum Gasteiger partial charge on any atom is 0.167 e. The lowest BCUT2D eigenvalue weighted by Crippen LogP contribution is -2.27. The van der Waals surface area contributed by atoms with E-state index in [2.05, 4.69) is 4.90 Å². The highest BCUT2D eigenvalue weighted by molar-refractivity contribution is 5.99. The molecule has 0 spiro atoms. The number of aryl methyl sites for hydroxylation is 1. The molecule has 0 saturated carbocycles. The molecular weight excluding hydrogens is 262 g/mol. The second-order valence-corrected chi connectivity index (χ2v) is 5.86. The summed E-state index contributed by atoms with van der Waals surface area (Å²) in [6.45, 7) is 7.71. The van der Waals surface area contributed by atoms with E-state index in [1.54, 1.807) is 0 Å². The molecule has 0 aromatic heterocycles. The summed E-state index contributed by atoms with van der Waals surface area (Å²) in [5, 5.41) is 0. The van der Waals surface area contributed by atoms with Crippen LogP contribution >= 0.6 is 0 Å². The lowest BCUT2D eigenvalue weighted by atomic mass is 10.0. The average molecular weight is 289 g/mol. The van der Waals surface area contributed by atoms with Crippen molar-refractivity contribution in [2.75, 3.05) is 26.2 Å². The van der Waals surface area contributed by atoms with Gasteiger partial charge in [-0.25, -0.2) is 0 Å². The van der Waals surface area contributed by atoms with Crippen LogP contribution in [0.2, 0.25) is 0 Å². The molecule has 1 aromatic carbocycles. The predicted octanol–water partition coefficient (Wildman–Crippen LogP) is 3.84. The summed E-state index contributed by atoms with van der Waals surface area (Å²) < 4.78 is 5.59. The van der Waals surface area contributed by atoms with Gasteiger partial charge in [0.1, 0.15) is 5.75 Å². The van der Waals surface area contributed by atoms with Crippen molar-refractivity contribution in [2.24, 2.45) is 0 Å². The monoisotopic (exact) mass is 289 g/mol. The molecule has 1 aromatic rings. The van der Waals surface area contributed by atoms with Gasteiger partial charge in [0.2, 0.25) is 0 Å². The number of ether oxygens (including phenoxy) is 1. The summed E-state index contributed by atoms with van der Waals surface area (Å²) in [6, 6.07) is 5.87. The van der Waals surface area contributed by atoms with Gasteiger partial charge in [0, 0.05) is 13.0 Å². The molecule has 3 nitrogen and oxygen atoms in total. The van der Waals surface area contributed by atoms with Crippen LogP contribution in [-0.4, -0.2) is 36.9 Å². The van der Waals surface area contributed by atoms with E-state index in [1.807, 2.05) is 32.0 Å². The second kappa shape index (κ2) is 8.18. The Morgan fingerprint density at radius 2 is 1.90 bits per heavy atom. The second-order valence-electron chi connectivity index (χ2n) is 5.86. The van der Waals surface area contributed by atoms with Crippen LogP contribution in [0.5, 0.6) is 5.75 Å². The Labute approximate surface area is 128 Å².